The van der Waals surface area contributed by atoms with Crippen LogP contribution >= 0.6 is 0 Å². The molecule has 0 spiro atoms. The molecule has 7 aromatic carbocycles. The number of hydrogen-bond acceptors (Lipinski definition) is 6. The number of pyridine rings is 1. The number of hydrogen-bond donors (Lipinski definition) is 0. The van der Waals surface area contributed by atoms with Gasteiger partial charge in [0, 0.05) is 38.5 Å². The fourth-order valence-electron chi connectivity index (χ4n) is 8.97. The largest absolute Gasteiger partial charge is 0.309 e. The zero-order valence-electron chi connectivity index (χ0n) is 33.4. The number of nitriles is 5. The Morgan fingerprint density at radius 1 is 0.371 bits per heavy atom. The minimum atomic E-state index is 0.399. The predicted octanol–water partition coefficient (Wildman–Crippen LogP) is 12.3. The first-order valence-electron chi connectivity index (χ1n) is 19.8. The molecule has 0 saturated carbocycles. The highest BCUT2D eigenvalue weighted by Crippen LogP contribution is 2.43. The van der Waals surface area contributed by atoms with Crippen molar-refractivity contribution in [2.24, 2.45) is 0 Å². The molecule has 0 amide bonds. The summed E-state index contributed by atoms with van der Waals surface area (Å²) < 4.78 is 4.34. The molecule has 8 nitrogen and oxygen atoms in total. The lowest BCUT2D eigenvalue weighted by Crippen LogP contribution is -2.04. The van der Waals surface area contributed by atoms with Crippen LogP contribution in [0.4, 0.5) is 0 Å². The number of aromatic nitrogens is 3. The van der Waals surface area contributed by atoms with Gasteiger partial charge in [-0.25, -0.2) is 0 Å². The fraction of sp³-hybridized carbons (Fsp3) is 0.0370. The molecule has 0 unspecified atom stereocenters. The molecule has 0 aliphatic carbocycles. The Morgan fingerprint density at radius 3 is 1.32 bits per heavy atom. The maximum absolute atomic E-state index is 11.2. The molecule has 0 radical (unpaired) electrons. The van der Waals surface area contributed by atoms with Crippen molar-refractivity contribution in [3.05, 3.63) is 185 Å². The van der Waals surface area contributed by atoms with Crippen LogP contribution in [0.1, 0.15) is 39.2 Å². The van der Waals surface area contributed by atoms with Crippen LogP contribution in [-0.4, -0.2) is 14.1 Å². The minimum Gasteiger partial charge on any atom is -0.309 e. The monoisotopic (exact) mass is 790 g/mol. The Balaban J connectivity index is 1.30. The van der Waals surface area contributed by atoms with Gasteiger partial charge in [-0.3, -0.25) is 4.98 Å². The van der Waals surface area contributed by atoms with Crippen molar-refractivity contribution >= 4 is 43.6 Å². The second kappa shape index (κ2) is 14.5. The van der Waals surface area contributed by atoms with Gasteiger partial charge in [0.15, 0.2) is 0 Å². The van der Waals surface area contributed by atoms with E-state index >= 15 is 0 Å². The van der Waals surface area contributed by atoms with Crippen LogP contribution in [0.2, 0.25) is 0 Å². The summed E-state index contributed by atoms with van der Waals surface area (Å²) in [7, 11) is 0. The SMILES string of the molecule is Cc1cc(-c2cc(-n3c4ccccc4c4ccc(-c5ccc(C#N)cc5C#N)cc43)c(C#N)cc2-n2c3ccccc3c3ccc(-c4ccc(C#N)cc4C#N)cc32)cc(C)n1. The van der Waals surface area contributed by atoms with E-state index in [0.717, 1.165) is 82.9 Å². The van der Waals surface area contributed by atoms with Gasteiger partial charge in [-0.05, 0) is 114 Å². The highest BCUT2D eigenvalue weighted by molar-refractivity contribution is 6.12. The molecule has 10 rings (SSSR count). The molecule has 0 aliphatic rings. The van der Waals surface area contributed by atoms with E-state index in [-0.39, 0.29) is 0 Å². The third-order valence-corrected chi connectivity index (χ3v) is 11.6. The van der Waals surface area contributed by atoms with Crippen LogP contribution in [0.5, 0.6) is 0 Å². The molecule has 0 atom stereocenters. The first kappa shape index (κ1) is 37.0. The van der Waals surface area contributed by atoms with Crippen LogP contribution < -0.4 is 0 Å². The molecule has 0 fully saturated rings. The van der Waals surface area contributed by atoms with Gasteiger partial charge in [-0.15, -0.1) is 0 Å². The van der Waals surface area contributed by atoms with Crippen LogP contribution in [0, 0.1) is 70.5 Å². The lowest BCUT2D eigenvalue weighted by molar-refractivity contribution is 1.11. The Bertz CT molecular complexity index is 3770. The molecule has 62 heavy (non-hydrogen) atoms. The van der Waals surface area contributed by atoms with Gasteiger partial charge in [-0.2, -0.15) is 26.3 Å². The number of rotatable bonds is 5. The normalized spacial score (nSPS) is 11.0. The topological polar surface area (TPSA) is 142 Å². The maximum Gasteiger partial charge on any atom is 0.101 e. The second-order valence-electron chi connectivity index (χ2n) is 15.3. The Kier molecular flexibility index (Phi) is 8.68. The van der Waals surface area contributed by atoms with Crippen LogP contribution in [0.3, 0.4) is 0 Å². The van der Waals surface area contributed by atoms with E-state index in [0.29, 0.717) is 44.6 Å². The van der Waals surface area contributed by atoms with Gasteiger partial charge in [0.2, 0.25) is 0 Å². The molecule has 0 N–H and O–H groups in total. The van der Waals surface area contributed by atoms with E-state index in [1.54, 1.807) is 24.3 Å². The van der Waals surface area contributed by atoms with Gasteiger partial charge in [-0.1, -0.05) is 72.8 Å². The lowest BCUT2D eigenvalue weighted by Gasteiger charge is -2.19. The second-order valence-corrected chi connectivity index (χ2v) is 15.3. The van der Waals surface area contributed by atoms with Gasteiger partial charge in [0.05, 0.1) is 85.5 Å². The molecule has 0 aliphatic heterocycles. The molecular formula is C54H30N8. The summed E-state index contributed by atoms with van der Waals surface area (Å²) >= 11 is 0. The van der Waals surface area contributed by atoms with Crippen molar-refractivity contribution in [2.45, 2.75) is 13.8 Å². The first-order valence-corrected chi connectivity index (χ1v) is 19.8. The molecule has 0 saturated heterocycles. The zero-order chi connectivity index (χ0) is 42.6. The van der Waals surface area contributed by atoms with Crippen LogP contribution in [-0.2, 0) is 0 Å². The lowest BCUT2D eigenvalue weighted by atomic mass is 9.96. The number of fused-ring (bicyclic) bond motifs is 6. The van der Waals surface area contributed by atoms with Gasteiger partial charge in [0.1, 0.15) is 6.07 Å². The van der Waals surface area contributed by atoms with E-state index in [4.69, 9.17) is 4.98 Å². The Hall–Kier alpha value is -9.26. The number of nitrogens with zero attached hydrogens (tertiary/aromatic N) is 8. The zero-order valence-corrected chi connectivity index (χ0v) is 33.4. The molecule has 3 aromatic heterocycles. The van der Waals surface area contributed by atoms with Crippen LogP contribution in [0.15, 0.2) is 146 Å². The first-order chi connectivity index (χ1) is 30.3. The molecule has 0 bridgehead atoms. The summed E-state index contributed by atoms with van der Waals surface area (Å²) in [5.74, 6) is 0. The smallest absolute Gasteiger partial charge is 0.101 e. The number of aryl methyl sites for hydroxylation is 2. The summed E-state index contributed by atoms with van der Waals surface area (Å²) in [6, 6.07) is 58.5. The van der Waals surface area contributed by atoms with E-state index in [1.165, 1.54) is 0 Å². The van der Waals surface area contributed by atoms with Gasteiger partial charge < -0.3 is 9.13 Å². The van der Waals surface area contributed by atoms with E-state index in [9.17, 15) is 26.3 Å². The highest BCUT2D eigenvalue weighted by Gasteiger charge is 2.23. The molecule has 8 heteroatoms. The highest BCUT2D eigenvalue weighted by atomic mass is 15.0. The fourth-order valence-corrected chi connectivity index (χ4v) is 8.97. The van der Waals surface area contributed by atoms with Gasteiger partial charge >= 0.3 is 0 Å². The number of benzene rings is 7. The minimum absolute atomic E-state index is 0.399. The molecule has 10 aromatic rings. The third kappa shape index (κ3) is 5.83. The van der Waals surface area contributed by atoms with Crippen molar-refractivity contribution in [3.63, 3.8) is 0 Å². The van der Waals surface area contributed by atoms with E-state index in [2.05, 4.69) is 106 Å². The summed E-state index contributed by atoms with van der Waals surface area (Å²) in [5, 5.41) is 54.6. The van der Waals surface area contributed by atoms with Crippen molar-refractivity contribution < 1.29 is 0 Å². The Labute approximate surface area is 356 Å². The molecule has 3 heterocycles. The number of para-hydroxylation sites is 2. The molecule has 286 valence electrons. The average molecular weight is 791 g/mol. The van der Waals surface area contributed by atoms with E-state index in [1.807, 2.05) is 68.4 Å². The van der Waals surface area contributed by atoms with Crippen molar-refractivity contribution in [2.75, 3.05) is 0 Å². The standard InChI is InChI=1S/C54H30N8/c1-32-19-38(20-33(2)60-32)48-26-51(61-49-9-5-3-7-44(49)46-17-13-36(23-52(46)61)42-15-11-34(27-55)21-39(42)29-57)41(31-59)25-54(48)62-50-10-6-4-8-45(50)47-18-14-37(24-53(47)62)43-16-12-35(28-56)22-40(43)30-58/h3-26H,1-2H3. The summed E-state index contributed by atoms with van der Waals surface area (Å²) in [6.45, 7) is 3.95. The predicted molar refractivity (Wildman–Crippen MR) is 242 cm³/mol. The summed E-state index contributed by atoms with van der Waals surface area (Å²) in [6.07, 6.45) is 0. The molecular weight excluding hydrogens is 761 g/mol. The van der Waals surface area contributed by atoms with Crippen molar-refractivity contribution in [1.29, 1.82) is 26.3 Å². The average Bonchev–Trinajstić information content (AvgIpc) is 3.82. The quantitative estimate of drug-likeness (QED) is 0.170. The van der Waals surface area contributed by atoms with E-state index < -0.39 is 0 Å². The van der Waals surface area contributed by atoms with Gasteiger partial charge in [0.25, 0.3) is 0 Å². The van der Waals surface area contributed by atoms with Crippen LogP contribution in [0.25, 0.3) is 88.4 Å². The van der Waals surface area contributed by atoms with Crippen molar-refractivity contribution in [1.82, 2.24) is 14.1 Å². The third-order valence-electron chi connectivity index (χ3n) is 11.6. The summed E-state index contributed by atoms with van der Waals surface area (Å²) in [4.78, 5) is 4.73. The Morgan fingerprint density at radius 2 is 0.839 bits per heavy atom. The maximum atomic E-state index is 11.2. The summed E-state index contributed by atoms with van der Waals surface area (Å²) in [5.41, 5.74) is 13.7. The van der Waals surface area contributed by atoms with Crippen molar-refractivity contribution in [3.8, 4) is 75.1 Å².